The van der Waals surface area contributed by atoms with Gasteiger partial charge < -0.3 is 9.53 Å². The van der Waals surface area contributed by atoms with Gasteiger partial charge in [-0.15, -0.1) is 0 Å². The van der Waals surface area contributed by atoms with Crippen LogP contribution in [0.3, 0.4) is 0 Å². The fourth-order valence-corrected chi connectivity index (χ4v) is 4.06. The summed E-state index contributed by atoms with van der Waals surface area (Å²) in [5.74, 6) is -0.296. The molecule has 0 heterocycles. The number of Topliss-reactive ketones (excluding diaryl/α,β-unsaturated/α-hetero) is 1. The van der Waals surface area contributed by atoms with Crippen LogP contribution in [0.2, 0.25) is 0 Å². The van der Waals surface area contributed by atoms with Crippen LogP contribution in [0.4, 0.5) is 0 Å². The summed E-state index contributed by atoms with van der Waals surface area (Å²) in [7, 11) is -1.88. The first kappa shape index (κ1) is 15.1. The third-order valence-corrected chi connectivity index (χ3v) is 5.18. The lowest BCUT2D eigenvalue weighted by atomic mass is 10.1. The average molecular weight is 276 g/mol. The zero-order chi connectivity index (χ0) is 13.8. The van der Waals surface area contributed by atoms with Gasteiger partial charge in [0.25, 0.3) is 0 Å². The fraction of sp³-hybridized carbons (Fsp3) is 0.833. The topological polar surface area (TPSA) is 77.5 Å². The molecule has 5 nitrogen and oxygen atoms in total. The molecule has 0 aromatic rings. The van der Waals surface area contributed by atoms with Crippen molar-refractivity contribution in [2.24, 2.45) is 5.41 Å². The van der Waals surface area contributed by atoms with E-state index in [1.165, 1.54) is 14.0 Å². The van der Waals surface area contributed by atoms with Crippen molar-refractivity contribution >= 4 is 21.6 Å². The molecule has 1 aliphatic carbocycles. The molecule has 104 valence electrons. The summed E-state index contributed by atoms with van der Waals surface area (Å²) in [5, 5.41) is 0. The lowest BCUT2D eigenvalue weighted by Gasteiger charge is -2.13. The molecule has 1 aliphatic rings. The van der Waals surface area contributed by atoms with Crippen LogP contribution in [0, 0.1) is 5.41 Å². The molecule has 0 unspecified atom stereocenters. The maximum atomic E-state index is 11.9. The van der Waals surface area contributed by atoms with Crippen molar-refractivity contribution in [3.63, 3.8) is 0 Å². The summed E-state index contributed by atoms with van der Waals surface area (Å²) in [6.07, 6.45) is 2.35. The van der Waals surface area contributed by atoms with Crippen LogP contribution in [-0.4, -0.2) is 38.8 Å². The van der Waals surface area contributed by atoms with Crippen molar-refractivity contribution < 1.29 is 22.7 Å². The third-order valence-electron chi connectivity index (χ3n) is 3.21. The quantitative estimate of drug-likeness (QED) is 0.621. The van der Waals surface area contributed by atoms with E-state index >= 15 is 0 Å². The van der Waals surface area contributed by atoms with Gasteiger partial charge in [-0.05, 0) is 31.6 Å². The van der Waals surface area contributed by atoms with Crippen LogP contribution in [0.5, 0.6) is 0 Å². The minimum atomic E-state index is -3.19. The van der Waals surface area contributed by atoms with E-state index < -0.39 is 15.3 Å². The molecule has 0 atom stereocenters. The standard InChI is InChI=1S/C12H20O5S/c1-10(13)4-3-7-18(15,16)9-12(5-6-12)8-11(14)17-2/h3-9H2,1-2H3. The van der Waals surface area contributed by atoms with Gasteiger partial charge in [-0.3, -0.25) is 4.79 Å². The Labute approximate surface area is 108 Å². The Morgan fingerprint density at radius 1 is 1.28 bits per heavy atom. The molecular weight excluding hydrogens is 256 g/mol. The van der Waals surface area contributed by atoms with Crippen LogP contribution in [0.1, 0.15) is 39.0 Å². The maximum Gasteiger partial charge on any atom is 0.306 e. The van der Waals surface area contributed by atoms with Crippen molar-refractivity contribution in [1.82, 2.24) is 0 Å². The lowest BCUT2D eigenvalue weighted by Crippen LogP contribution is -2.23. The second-order valence-corrected chi connectivity index (χ2v) is 7.33. The summed E-state index contributed by atoms with van der Waals surface area (Å²) in [6.45, 7) is 1.45. The smallest absolute Gasteiger partial charge is 0.306 e. The minimum Gasteiger partial charge on any atom is -0.469 e. The molecule has 1 fully saturated rings. The van der Waals surface area contributed by atoms with Crippen LogP contribution < -0.4 is 0 Å². The predicted octanol–water partition coefficient (Wildman–Crippen LogP) is 1.11. The van der Waals surface area contributed by atoms with Gasteiger partial charge in [0.2, 0.25) is 0 Å². The normalized spacial score (nSPS) is 17.2. The number of hydrogen-bond acceptors (Lipinski definition) is 5. The number of sulfone groups is 1. The van der Waals surface area contributed by atoms with Crippen LogP contribution >= 0.6 is 0 Å². The van der Waals surface area contributed by atoms with E-state index in [9.17, 15) is 18.0 Å². The van der Waals surface area contributed by atoms with Crippen molar-refractivity contribution in [1.29, 1.82) is 0 Å². The fourth-order valence-electron chi connectivity index (χ4n) is 2.01. The Bertz CT molecular complexity index is 420. The second-order valence-electron chi connectivity index (χ2n) is 5.15. The number of hydrogen-bond donors (Lipinski definition) is 0. The molecule has 0 N–H and O–H groups in total. The molecule has 0 saturated heterocycles. The molecule has 1 rings (SSSR count). The van der Waals surface area contributed by atoms with Gasteiger partial charge in [-0.2, -0.15) is 0 Å². The zero-order valence-corrected chi connectivity index (χ0v) is 11.7. The van der Waals surface area contributed by atoms with Crippen LogP contribution in [-0.2, 0) is 24.2 Å². The van der Waals surface area contributed by atoms with Crippen molar-refractivity contribution in [3.05, 3.63) is 0 Å². The van der Waals surface area contributed by atoms with E-state index in [4.69, 9.17) is 0 Å². The summed E-state index contributed by atoms with van der Waals surface area (Å²) in [5.41, 5.74) is -0.401. The highest BCUT2D eigenvalue weighted by Crippen LogP contribution is 2.50. The number of rotatable bonds is 8. The highest BCUT2D eigenvalue weighted by Gasteiger charge is 2.47. The second kappa shape index (κ2) is 5.82. The minimum absolute atomic E-state index is 0.000830. The third kappa shape index (κ3) is 5.16. The van der Waals surface area contributed by atoms with Crippen molar-refractivity contribution in [2.45, 2.75) is 39.0 Å². The number of ketones is 1. The van der Waals surface area contributed by atoms with Gasteiger partial charge in [0.1, 0.15) is 5.78 Å². The monoisotopic (exact) mass is 276 g/mol. The van der Waals surface area contributed by atoms with E-state index in [1.54, 1.807) is 0 Å². The summed E-state index contributed by atoms with van der Waals surface area (Å²) >= 11 is 0. The maximum absolute atomic E-state index is 11.9. The average Bonchev–Trinajstić information content (AvgIpc) is 2.95. The van der Waals surface area contributed by atoms with Gasteiger partial charge in [-0.25, -0.2) is 8.42 Å². The van der Waals surface area contributed by atoms with E-state index in [0.717, 1.165) is 12.8 Å². The number of carbonyl (C=O) groups excluding carboxylic acids is 2. The van der Waals surface area contributed by atoms with Crippen molar-refractivity contribution in [2.75, 3.05) is 18.6 Å². The largest absolute Gasteiger partial charge is 0.469 e. The van der Waals surface area contributed by atoms with Crippen LogP contribution in [0.15, 0.2) is 0 Å². The predicted molar refractivity (Wildman–Crippen MR) is 66.9 cm³/mol. The Hall–Kier alpha value is -0.910. The van der Waals surface area contributed by atoms with Gasteiger partial charge in [-0.1, -0.05) is 0 Å². The van der Waals surface area contributed by atoms with Gasteiger partial charge in [0.15, 0.2) is 9.84 Å². The molecule has 0 bridgehead atoms. The molecule has 0 aliphatic heterocycles. The first-order chi connectivity index (χ1) is 8.29. The van der Waals surface area contributed by atoms with Crippen LogP contribution in [0.25, 0.3) is 0 Å². The van der Waals surface area contributed by atoms with Crippen molar-refractivity contribution in [3.8, 4) is 0 Å². The number of methoxy groups -OCH3 is 1. The van der Waals surface area contributed by atoms with Gasteiger partial charge in [0, 0.05) is 6.42 Å². The summed E-state index contributed by atoms with van der Waals surface area (Å²) in [4.78, 5) is 22.0. The Balaban J connectivity index is 2.45. The highest BCUT2D eigenvalue weighted by atomic mass is 32.2. The molecule has 0 radical (unpaired) electrons. The SMILES string of the molecule is COC(=O)CC1(CS(=O)(=O)CCCC(C)=O)CC1. The molecular formula is C12H20O5S. The molecule has 1 saturated carbocycles. The number of esters is 1. The first-order valence-electron chi connectivity index (χ1n) is 6.05. The molecule has 0 aromatic heterocycles. The molecule has 6 heteroatoms. The van der Waals surface area contributed by atoms with Gasteiger partial charge in [0.05, 0.1) is 25.0 Å². The zero-order valence-electron chi connectivity index (χ0n) is 10.9. The Morgan fingerprint density at radius 3 is 2.33 bits per heavy atom. The van der Waals surface area contributed by atoms with Gasteiger partial charge >= 0.3 is 5.97 Å². The lowest BCUT2D eigenvalue weighted by molar-refractivity contribution is -0.141. The van der Waals surface area contributed by atoms with E-state index in [0.29, 0.717) is 12.8 Å². The van der Waals surface area contributed by atoms with E-state index in [2.05, 4.69) is 4.74 Å². The number of ether oxygens (including phenoxy) is 1. The highest BCUT2D eigenvalue weighted by molar-refractivity contribution is 7.91. The molecule has 0 spiro atoms. The molecule has 0 aromatic carbocycles. The molecule has 18 heavy (non-hydrogen) atoms. The van der Waals surface area contributed by atoms with E-state index in [1.807, 2.05) is 0 Å². The van der Waals surface area contributed by atoms with E-state index in [-0.39, 0.29) is 29.7 Å². The summed E-state index contributed by atoms with van der Waals surface area (Å²) in [6, 6.07) is 0. The first-order valence-corrected chi connectivity index (χ1v) is 7.87. The Morgan fingerprint density at radius 2 is 1.89 bits per heavy atom. The Kier molecular flexibility index (Phi) is 4.90. The summed E-state index contributed by atoms with van der Waals surface area (Å²) < 4.78 is 28.3. The molecule has 0 amide bonds. The number of carbonyl (C=O) groups is 2.